The quantitative estimate of drug-likeness (QED) is 0.597. The number of unbranched alkanes of at least 4 members (excludes halogenated alkanes) is 1. The molecule has 5 heteroatoms. The van der Waals surface area contributed by atoms with Crippen molar-refractivity contribution < 1.29 is 17.8 Å². The van der Waals surface area contributed by atoms with Gasteiger partial charge in [0, 0.05) is 12.8 Å². The molecule has 1 atom stereocenters. The molecule has 1 aliphatic rings. The number of hydrogen-bond acceptors (Lipinski definition) is 3. The summed E-state index contributed by atoms with van der Waals surface area (Å²) >= 11 is 0. The highest BCUT2D eigenvalue weighted by Crippen LogP contribution is 2.43. The van der Waals surface area contributed by atoms with E-state index in [1.54, 1.807) is 0 Å². The summed E-state index contributed by atoms with van der Waals surface area (Å²) in [5.74, 6) is 0.500. The predicted octanol–water partition coefficient (Wildman–Crippen LogP) is 2.05. The van der Waals surface area contributed by atoms with Crippen LogP contribution in [-0.2, 0) is 14.9 Å². The second-order valence-corrected chi connectivity index (χ2v) is 6.96. The van der Waals surface area contributed by atoms with E-state index in [2.05, 4.69) is 13.8 Å². The van der Waals surface area contributed by atoms with Crippen LogP contribution in [0.2, 0.25) is 0 Å². The van der Waals surface area contributed by atoms with Crippen molar-refractivity contribution in [3.63, 3.8) is 0 Å². The lowest BCUT2D eigenvalue weighted by Gasteiger charge is -2.25. The van der Waals surface area contributed by atoms with Gasteiger partial charge in [-0.2, -0.15) is 8.42 Å². The Morgan fingerprint density at radius 1 is 1.38 bits per heavy atom. The Morgan fingerprint density at radius 3 is 2.44 bits per heavy atom. The highest BCUT2D eigenvalue weighted by Gasteiger charge is 2.38. The van der Waals surface area contributed by atoms with Gasteiger partial charge in [-0.15, -0.1) is 0 Å². The fourth-order valence-electron chi connectivity index (χ4n) is 2.44. The number of hydrogen-bond donors (Lipinski definition) is 1. The number of ketones is 1. The topological polar surface area (TPSA) is 71.4 Å². The van der Waals surface area contributed by atoms with Gasteiger partial charge in [-0.3, -0.25) is 9.35 Å². The van der Waals surface area contributed by atoms with Crippen molar-refractivity contribution in [1.82, 2.24) is 0 Å². The first-order chi connectivity index (χ1) is 7.21. The Hall–Kier alpha value is -0.420. The SMILES string of the molecule is CC1(C)CC(=O)CC1CCCCS(=O)(=O)O. The van der Waals surface area contributed by atoms with Crippen LogP contribution in [0.1, 0.15) is 46.0 Å². The van der Waals surface area contributed by atoms with E-state index in [0.29, 0.717) is 31.0 Å². The van der Waals surface area contributed by atoms with Gasteiger partial charge in [0.15, 0.2) is 0 Å². The summed E-state index contributed by atoms with van der Waals surface area (Å²) in [4.78, 5) is 11.3. The molecular formula is C11H20O4S. The predicted molar refractivity (Wildman–Crippen MR) is 61.8 cm³/mol. The van der Waals surface area contributed by atoms with Crippen LogP contribution in [0, 0.1) is 11.3 Å². The minimum atomic E-state index is -3.83. The van der Waals surface area contributed by atoms with Gasteiger partial charge >= 0.3 is 0 Å². The molecular weight excluding hydrogens is 228 g/mol. The highest BCUT2D eigenvalue weighted by molar-refractivity contribution is 7.85. The Labute approximate surface area is 97.2 Å². The van der Waals surface area contributed by atoms with E-state index in [0.717, 1.165) is 12.8 Å². The summed E-state index contributed by atoms with van der Waals surface area (Å²) in [6.45, 7) is 4.18. The van der Waals surface area contributed by atoms with Crippen LogP contribution in [0.4, 0.5) is 0 Å². The van der Waals surface area contributed by atoms with Crippen molar-refractivity contribution in [3.8, 4) is 0 Å². The third-order valence-corrected chi connectivity index (χ3v) is 4.24. The summed E-state index contributed by atoms with van der Waals surface area (Å²) in [6.07, 6.45) is 3.35. The van der Waals surface area contributed by atoms with E-state index in [1.807, 2.05) is 0 Å². The van der Waals surface area contributed by atoms with Crippen LogP contribution < -0.4 is 0 Å². The molecule has 0 amide bonds. The average Bonchev–Trinajstić information content (AvgIpc) is 2.31. The summed E-state index contributed by atoms with van der Waals surface area (Å²) in [6, 6.07) is 0. The maximum atomic E-state index is 11.3. The Bertz CT molecular complexity index is 356. The van der Waals surface area contributed by atoms with Crippen LogP contribution in [0.25, 0.3) is 0 Å². The molecule has 0 aromatic carbocycles. The molecule has 0 spiro atoms. The van der Waals surface area contributed by atoms with E-state index in [1.165, 1.54) is 0 Å². The fraction of sp³-hybridized carbons (Fsp3) is 0.909. The molecule has 94 valence electrons. The number of Topliss-reactive ketones (excluding diaryl/α,β-unsaturated/α-hetero) is 1. The Balaban J connectivity index is 2.31. The fourth-order valence-corrected chi connectivity index (χ4v) is 3.01. The lowest BCUT2D eigenvalue weighted by atomic mass is 9.79. The molecule has 0 radical (unpaired) electrons. The minimum Gasteiger partial charge on any atom is -0.300 e. The van der Waals surface area contributed by atoms with Gasteiger partial charge in [-0.1, -0.05) is 20.3 Å². The first-order valence-electron chi connectivity index (χ1n) is 5.67. The van der Waals surface area contributed by atoms with Crippen LogP contribution in [0.5, 0.6) is 0 Å². The molecule has 16 heavy (non-hydrogen) atoms. The zero-order chi connectivity index (χ0) is 12.4. The van der Waals surface area contributed by atoms with Gasteiger partial charge in [0.2, 0.25) is 0 Å². The Morgan fingerprint density at radius 2 is 2.00 bits per heavy atom. The maximum Gasteiger partial charge on any atom is 0.264 e. The molecule has 1 fully saturated rings. The van der Waals surface area contributed by atoms with Gasteiger partial charge in [-0.05, 0) is 24.2 Å². The summed E-state index contributed by atoms with van der Waals surface area (Å²) in [7, 11) is -3.83. The van der Waals surface area contributed by atoms with Gasteiger partial charge in [-0.25, -0.2) is 0 Å². The lowest BCUT2D eigenvalue weighted by Crippen LogP contribution is -2.17. The Kier molecular flexibility index (Phi) is 4.12. The number of carbonyl (C=O) groups excluding carboxylic acids is 1. The van der Waals surface area contributed by atoms with E-state index in [4.69, 9.17) is 4.55 Å². The van der Waals surface area contributed by atoms with Crippen LogP contribution >= 0.6 is 0 Å². The van der Waals surface area contributed by atoms with Crippen molar-refractivity contribution >= 4 is 15.9 Å². The number of carbonyl (C=O) groups is 1. The molecule has 0 aromatic rings. The van der Waals surface area contributed by atoms with Gasteiger partial charge < -0.3 is 0 Å². The molecule has 0 aliphatic heterocycles. The summed E-state index contributed by atoms with van der Waals surface area (Å²) in [5, 5.41) is 0. The van der Waals surface area contributed by atoms with E-state index < -0.39 is 10.1 Å². The average molecular weight is 248 g/mol. The zero-order valence-corrected chi connectivity index (χ0v) is 10.7. The molecule has 4 nitrogen and oxygen atoms in total. The van der Waals surface area contributed by atoms with Gasteiger partial charge in [0.25, 0.3) is 10.1 Å². The van der Waals surface area contributed by atoms with Crippen LogP contribution in [0.15, 0.2) is 0 Å². The van der Waals surface area contributed by atoms with E-state index >= 15 is 0 Å². The molecule has 0 heterocycles. The normalized spacial score (nSPS) is 24.9. The first kappa shape index (κ1) is 13.6. The first-order valence-corrected chi connectivity index (χ1v) is 7.28. The molecule has 0 aromatic heterocycles. The third-order valence-electron chi connectivity index (χ3n) is 3.44. The molecule has 0 bridgehead atoms. The monoisotopic (exact) mass is 248 g/mol. The second-order valence-electron chi connectivity index (χ2n) is 5.39. The maximum absolute atomic E-state index is 11.3. The van der Waals surface area contributed by atoms with E-state index in [-0.39, 0.29) is 11.2 Å². The number of rotatable bonds is 5. The third kappa shape index (κ3) is 4.22. The van der Waals surface area contributed by atoms with Gasteiger partial charge in [0.05, 0.1) is 5.75 Å². The highest BCUT2D eigenvalue weighted by atomic mass is 32.2. The standard InChI is InChI=1S/C11H20O4S/c1-11(2)8-10(12)7-9(11)5-3-4-6-16(13,14)15/h9H,3-8H2,1-2H3,(H,13,14,15). The van der Waals surface area contributed by atoms with Crippen molar-refractivity contribution in [3.05, 3.63) is 0 Å². The van der Waals surface area contributed by atoms with Gasteiger partial charge in [0.1, 0.15) is 5.78 Å². The summed E-state index contributed by atoms with van der Waals surface area (Å²) in [5.41, 5.74) is 0.0508. The molecule has 1 unspecified atom stereocenters. The molecule has 0 saturated heterocycles. The van der Waals surface area contributed by atoms with E-state index in [9.17, 15) is 13.2 Å². The molecule has 1 rings (SSSR count). The van der Waals surface area contributed by atoms with Crippen molar-refractivity contribution in [2.75, 3.05) is 5.75 Å². The lowest BCUT2D eigenvalue weighted by molar-refractivity contribution is -0.118. The smallest absolute Gasteiger partial charge is 0.264 e. The minimum absolute atomic E-state index is 0.0508. The van der Waals surface area contributed by atoms with Crippen molar-refractivity contribution in [2.45, 2.75) is 46.0 Å². The summed E-state index contributed by atoms with van der Waals surface area (Å²) < 4.78 is 29.6. The second kappa shape index (κ2) is 4.84. The van der Waals surface area contributed by atoms with Crippen LogP contribution in [0.3, 0.4) is 0 Å². The molecule has 1 N–H and O–H groups in total. The largest absolute Gasteiger partial charge is 0.300 e. The van der Waals surface area contributed by atoms with Crippen LogP contribution in [-0.4, -0.2) is 24.5 Å². The zero-order valence-electron chi connectivity index (χ0n) is 9.90. The molecule has 1 saturated carbocycles. The van der Waals surface area contributed by atoms with Crippen molar-refractivity contribution in [1.29, 1.82) is 0 Å². The van der Waals surface area contributed by atoms with Crippen molar-refractivity contribution in [2.24, 2.45) is 11.3 Å². The molecule has 1 aliphatic carbocycles.